The van der Waals surface area contributed by atoms with Crippen molar-refractivity contribution in [1.29, 1.82) is 0 Å². The SMILES string of the molecule is Cc1ccc(S(=O)(=O)N2CCCCCC2)c(Br)c1. The van der Waals surface area contributed by atoms with Gasteiger partial charge in [-0.05, 0) is 53.4 Å². The van der Waals surface area contributed by atoms with Crippen molar-refractivity contribution in [2.24, 2.45) is 0 Å². The van der Waals surface area contributed by atoms with E-state index in [1.54, 1.807) is 10.4 Å². The lowest BCUT2D eigenvalue weighted by atomic mass is 10.2. The maximum absolute atomic E-state index is 12.6. The van der Waals surface area contributed by atoms with Gasteiger partial charge in [-0.3, -0.25) is 0 Å². The first-order valence-corrected chi connectivity index (χ1v) is 8.51. The summed E-state index contributed by atoms with van der Waals surface area (Å²) < 4.78 is 27.4. The standard InChI is InChI=1S/C13H18BrNO2S/c1-11-6-7-13(12(14)10-11)18(16,17)15-8-4-2-3-5-9-15/h6-7,10H,2-5,8-9H2,1H3. The van der Waals surface area contributed by atoms with Crippen molar-refractivity contribution in [2.45, 2.75) is 37.5 Å². The van der Waals surface area contributed by atoms with E-state index in [1.165, 1.54) is 0 Å². The Labute approximate surface area is 117 Å². The van der Waals surface area contributed by atoms with Gasteiger partial charge >= 0.3 is 0 Å². The van der Waals surface area contributed by atoms with Crippen LogP contribution in [0.25, 0.3) is 0 Å². The predicted molar refractivity (Wildman–Crippen MR) is 76.1 cm³/mol. The zero-order valence-electron chi connectivity index (χ0n) is 10.5. The Morgan fingerprint density at radius 1 is 1.11 bits per heavy atom. The van der Waals surface area contributed by atoms with Gasteiger partial charge in [0.25, 0.3) is 0 Å². The molecule has 0 atom stereocenters. The Morgan fingerprint density at radius 2 is 1.72 bits per heavy atom. The molecule has 0 spiro atoms. The average molecular weight is 332 g/mol. The van der Waals surface area contributed by atoms with Crippen LogP contribution in [0.3, 0.4) is 0 Å². The molecule has 3 nitrogen and oxygen atoms in total. The minimum atomic E-state index is -3.35. The van der Waals surface area contributed by atoms with Gasteiger partial charge in [0.05, 0.1) is 4.90 Å². The average Bonchev–Trinajstić information content (AvgIpc) is 2.57. The number of rotatable bonds is 2. The highest BCUT2D eigenvalue weighted by molar-refractivity contribution is 9.10. The van der Waals surface area contributed by atoms with Crippen LogP contribution in [-0.4, -0.2) is 25.8 Å². The van der Waals surface area contributed by atoms with Crippen LogP contribution >= 0.6 is 15.9 Å². The van der Waals surface area contributed by atoms with E-state index in [0.717, 1.165) is 31.2 Å². The van der Waals surface area contributed by atoms with Crippen LogP contribution in [0, 0.1) is 6.92 Å². The lowest BCUT2D eigenvalue weighted by Gasteiger charge is -2.20. The summed E-state index contributed by atoms with van der Waals surface area (Å²) in [6, 6.07) is 5.39. The van der Waals surface area contributed by atoms with Crippen molar-refractivity contribution in [3.05, 3.63) is 28.2 Å². The zero-order chi connectivity index (χ0) is 13.2. The molecule has 0 unspecified atom stereocenters. The van der Waals surface area contributed by atoms with Crippen molar-refractivity contribution in [3.8, 4) is 0 Å². The summed E-state index contributed by atoms with van der Waals surface area (Å²) in [6.07, 6.45) is 4.17. The Hall–Kier alpha value is -0.390. The molecule has 1 aromatic carbocycles. The van der Waals surface area contributed by atoms with Gasteiger partial charge in [-0.2, -0.15) is 4.31 Å². The Kier molecular flexibility index (Phi) is 4.45. The van der Waals surface area contributed by atoms with Crippen molar-refractivity contribution in [1.82, 2.24) is 4.31 Å². The molecule has 100 valence electrons. The number of hydrogen-bond donors (Lipinski definition) is 0. The minimum Gasteiger partial charge on any atom is -0.207 e. The van der Waals surface area contributed by atoms with E-state index in [0.29, 0.717) is 22.5 Å². The summed E-state index contributed by atoms with van der Waals surface area (Å²) >= 11 is 3.36. The Bertz CT molecular complexity index is 520. The van der Waals surface area contributed by atoms with Gasteiger partial charge in [0, 0.05) is 17.6 Å². The molecule has 0 aliphatic carbocycles. The second-order valence-corrected chi connectivity index (χ2v) is 7.51. The van der Waals surface area contributed by atoms with Gasteiger partial charge in [-0.25, -0.2) is 8.42 Å². The predicted octanol–water partition coefficient (Wildman–Crippen LogP) is 3.32. The number of halogens is 1. The summed E-state index contributed by atoms with van der Waals surface area (Å²) in [7, 11) is -3.35. The second-order valence-electron chi connectivity index (χ2n) is 4.75. The summed E-state index contributed by atoms with van der Waals surface area (Å²) in [5, 5.41) is 0. The van der Waals surface area contributed by atoms with Crippen molar-refractivity contribution in [3.63, 3.8) is 0 Å². The van der Waals surface area contributed by atoms with Crippen LogP contribution in [0.4, 0.5) is 0 Å². The highest BCUT2D eigenvalue weighted by Crippen LogP contribution is 2.27. The highest BCUT2D eigenvalue weighted by atomic mass is 79.9. The maximum atomic E-state index is 12.6. The van der Waals surface area contributed by atoms with Crippen molar-refractivity contribution in [2.75, 3.05) is 13.1 Å². The third kappa shape index (κ3) is 2.95. The molecule has 2 rings (SSSR count). The number of benzene rings is 1. The summed E-state index contributed by atoms with van der Waals surface area (Å²) in [4.78, 5) is 0.384. The fourth-order valence-corrected chi connectivity index (χ4v) is 4.91. The molecular weight excluding hydrogens is 314 g/mol. The monoisotopic (exact) mass is 331 g/mol. The fraction of sp³-hybridized carbons (Fsp3) is 0.538. The third-order valence-electron chi connectivity index (χ3n) is 3.27. The summed E-state index contributed by atoms with van der Waals surface area (Å²) in [6.45, 7) is 3.23. The maximum Gasteiger partial charge on any atom is 0.244 e. The van der Waals surface area contributed by atoms with Gasteiger partial charge in [0.2, 0.25) is 10.0 Å². The van der Waals surface area contributed by atoms with Gasteiger partial charge in [-0.1, -0.05) is 18.9 Å². The van der Waals surface area contributed by atoms with Gasteiger partial charge in [0.1, 0.15) is 0 Å². The zero-order valence-corrected chi connectivity index (χ0v) is 12.9. The Balaban J connectivity index is 2.34. The van der Waals surface area contributed by atoms with E-state index < -0.39 is 10.0 Å². The third-order valence-corrected chi connectivity index (χ3v) is 6.15. The minimum absolute atomic E-state index is 0.384. The first kappa shape index (κ1) is 14.0. The smallest absolute Gasteiger partial charge is 0.207 e. The van der Waals surface area contributed by atoms with E-state index in [9.17, 15) is 8.42 Å². The van der Waals surface area contributed by atoms with E-state index in [2.05, 4.69) is 15.9 Å². The van der Waals surface area contributed by atoms with E-state index in [4.69, 9.17) is 0 Å². The number of hydrogen-bond acceptors (Lipinski definition) is 2. The molecule has 0 bridgehead atoms. The quantitative estimate of drug-likeness (QED) is 0.833. The van der Waals surface area contributed by atoms with Crippen LogP contribution in [0.1, 0.15) is 31.2 Å². The van der Waals surface area contributed by atoms with Gasteiger partial charge < -0.3 is 0 Å². The summed E-state index contributed by atoms with van der Waals surface area (Å²) in [5.41, 5.74) is 1.05. The van der Waals surface area contributed by atoms with Crippen LogP contribution < -0.4 is 0 Å². The van der Waals surface area contributed by atoms with E-state index in [-0.39, 0.29) is 0 Å². The number of aryl methyl sites for hydroxylation is 1. The molecule has 1 aliphatic rings. The normalized spacial score (nSPS) is 18.6. The number of nitrogens with zero attached hydrogens (tertiary/aromatic N) is 1. The van der Waals surface area contributed by atoms with E-state index in [1.807, 2.05) is 19.1 Å². The molecule has 18 heavy (non-hydrogen) atoms. The lowest BCUT2D eigenvalue weighted by molar-refractivity contribution is 0.423. The molecule has 5 heteroatoms. The van der Waals surface area contributed by atoms with Crippen LogP contribution in [0.2, 0.25) is 0 Å². The molecular formula is C13H18BrNO2S. The molecule has 0 aromatic heterocycles. The fourth-order valence-electron chi connectivity index (χ4n) is 2.24. The van der Waals surface area contributed by atoms with Crippen molar-refractivity contribution >= 4 is 26.0 Å². The van der Waals surface area contributed by atoms with Crippen LogP contribution in [0.15, 0.2) is 27.6 Å². The van der Waals surface area contributed by atoms with Gasteiger partial charge in [0.15, 0.2) is 0 Å². The van der Waals surface area contributed by atoms with Crippen LogP contribution in [0.5, 0.6) is 0 Å². The van der Waals surface area contributed by atoms with E-state index >= 15 is 0 Å². The summed E-state index contributed by atoms with van der Waals surface area (Å²) in [5.74, 6) is 0. The molecule has 0 radical (unpaired) electrons. The van der Waals surface area contributed by atoms with Gasteiger partial charge in [-0.15, -0.1) is 0 Å². The molecule has 0 saturated carbocycles. The lowest BCUT2D eigenvalue weighted by Crippen LogP contribution is -2.32. The molecule has 1 fully saturated rings. The largest absolute Gasteiger partial charge is 0.244 e. The molecule has 0 amide bonds. The molecule has 1 saturated heterocycles. The number of sulfonamides is 1. The molecule has 1 aliphatic heterocycles. The molecule has 1 aromatic rings. The molecule has 1 heterocycles. The first-order valence-electron chi connectivity index (χ1n) is 6.28. The van der Waals surface area contributed by atoms with Crippen molar-refractivity contribution < 1.29 is 8.42 Å². The second kappa shape index (κ2) is 5.72. The topological polar surface area (TPSA) is 37.4 Å². The first-order chi connectivity index (χ1) is 8.51. The Morgan fingerprint density at radius 3 is 2.28 bits per heavy atom. The van der Waals surface area contributed by atoms with Crippen LogP contribution in [-0.2, 0) is 10.0 Å². The highest BCUT2D eigenvalue weighted by Gasteiger charge is 2.26. The molecule has 0 N–H and O–H groups in total.